The van der Waals surface area contributed by atoms with Gasteiger partial charge in [-0.15, -0.1) is 0 Å². The van der Waals surface area contributed by atoms with Crippen molar-refractivity contribution in [1.82, 2.24) is 5.32 Å². The van der Waals surface area contributed by atoms with Crippen LogP contribution in [0.2, 0.25) is 0 Å². The number of rotatable bonds is 6. The van der Waals surface area contributed by atoms with Crippen molar-refractivity contribution in [1.29, 1.82) is 0 Å². The maximum Gasteiger partial charge on any atom is 0.416 e. The lowest BCUT2D eigenvalue weighted by molar-refractivity contribution is -0.137. The fourth-order valence-corrected chi connectivity index (χ4v) is 2.73. The van der Waals surface area contributed by atoms with E-state index in [0.717, 1.165) is 28.8 Å². The van der Waals surface area contributed by atoms with Crippen molar-refractivity contribution in [3.05, 3.63) is 29.8 Å². The number of alkyl halides is 3. The summed E-state index contributed by atoms with van der Waals surface area (Å²) in [5.41, 5.74) is -1.03. The molecule has 5 nitrogen and oxygen atoms in total. The second kappa shape index (κ2) is 7.20. The number of anilines is 1. The van der Waals surface area contributed by atoms with Gasteiger partial charge in [0.15, 0.2) is 0 Å². The Morgan fingerprint density at radius 2 is 1.91 bits per heavy atom. The molecule has 0 aliphatic rings. The molecule has 0 spiro atoms. The summed E-state index contributed by atoms with van der Waals surface area (Å²) >= 11 is 0. The van der Waals surface area contributed by atoms with E-state index in [1.807, 2.05) is 0 Å². The van der Waals surface area contributed by atoms with Gasteiger partial charge in [0, 0.05) is 12.5 Å². The average Bonchev–Trinajstić information content (AvgIpc) is 2.41. The van der Waals surface area contributed by atoms with Crippen molar-refractivity contribution in [2.75, 3.05) is 23.7 Å². The Bertz CT molecular complexity index is 657. The number of benzene rings is 1. The highest BCUT2D eigenvalue weighted by Crippen LogP contribution is 2.32. The topological polar surface area (TPSA) is 66.5 Å². The molecule has 0 unspecified atom stereocenters. The van der Waals surface area contributed by atoms with Crippen molar-refractivity contribution in [3.63, 3.8) is 0 Å². The summed E-state index contributed by atoms with van der Waals surface area (Å²) in [5, 5.41) is 2.53. The first kappa shape index (κ1) is 19.3. The third-order valence-corrected chi connectivity index (χ3v) is 4.19. The van der Waals surface area contributed by atoms with E-state index in [9.17, 15) is 26.4 Å². The Balaban J connectivity index is 2.98. The summed E-state index contributed by atoms with van der Waals surface area (Å²) in [6.07, 6.45) is -3.66. The molecular formula is C14H19F3N2O3S. The minimum atomic E-state index is -4.56. The van der Waals surface area contributed by atoms with Crippen LogP contribution in [0.4, 0.5) is 18.9 Å². The van der Waals surface area contributed by atoms with Crippen LogP contribution in [0.15, 0.2) is 24.3 Å². The highest BCUT2D eigenvalue weighted by Gasteiger charge is 2.31. The monoisotopic (exact) mass is 352 g/mol. The molecule has 0 bridgehead atoms. The van der Waals surface area contributed by atoms with Crippen LogP contribution in [-0.4, -0.2) is 33.7 Å². The van der Waals surface area contributed by atoms with Gasteiger partial charge in [-0.3, -0.25) is 9.10 Å². The van der Waals surface area contributed by atoms with Crippen LogP contribution >= 0.6 is 0 Å². The zero-order valence-electron chi connectivity index (χ0n) is 13.0. The molecule has 130 valence electrons. The first-order chi connectivity index (χ1) is 10.4. The summed E-state index contributed by atoms with van der Waals surface area (Å²) in [6.45, 7) is 3.20. The van der Waals surface area contributed by atoms with E-state index in [0.29, 0.717) is 0 Å². The molecule has 1 aromatic rings. The largest absolute Gasteiger partial charge is 0.416 e. The smallest absolute Gasteiger partial charge is 0.354 e. The number of carbonyl (C=O) groups excluding carboxylic acids is 1. The Morgan fingerprint density at radius 3 is 2.39 bits per heavy atom. The molecule has 0 aliphatic heterocycles. The summed E-state index contributed by atoms with van der Waals surface area (Å²) in [6, 6.07) is 4.05. The van der Waals surface area contributed by atoms with Crippen LogP contribution in [0.3, 0.4) is 0 Å². The second-order valence-electron chi connectivity index (χ2n) is 5.33. The molecule has 1 N–H and O–H groups in total. The van der Waals surface area contributed by atoms with Gasteiger partial charge in [-0.05, 0) is 18.2 Å². The number of nitrogens with one attached hydrogen (secondary N) is 1. The predicted octanol–water partition coefficient (Wildman–Crippen LogP) is 2.24. The summed E-state index contributed by atoms with van der Waals surface area (Å²) in [5.74, 6) is -0.530. The van der Waals surface area contributed by atoms with Crippen LogP contribution < -0.4 is 9.62 Å². The molecule has 0 aliphatic carbocycles. The van der Waals surface area contributed by atoms with Crippen LogP contribution in [0, 0.1) is 5.92 Å². The first-order valence-corrected chi connectivity index (χ1v) is 8.70. The highest BCUT2D eigenvalue weighted by molar-refractivity contribution is 7.92. The van der Waals surface area contributed by atoms with Gasteiger partial charge in [0.1, 0.15) is 0 Å². The van der Waals surface area contributed by atoms with E-state index >= 15 is 0 Å². The zero-order chi connectivity index (χ0) is 17.8. The molecule has 0 fully saturated rings. The quantitative estimate of drug-likeness (QED) is 0.854. The number of hydrogen-bond donors (Lipinski definition) is 1. The molecule has 0 saturated carbocycles. The van der Waals surface area contributed by atoms with Gasteiger partial charge in [-0.1, -0.05) is 19.9 Å². The van der Waals surface area contributed by atoms with Gasteiger partial charge in [0.2, 0.25) is 15.9 Å². The SMILES string of the molecule is CC(C)C(=O)NCCN(c1cccc(C(F)(F)F)c1)S(C)(=O)=O. The number of nitrogens with zero attached hydrogens (tertiary/aromatic N) is 1. The normalized spacial score (nSPS) is 12.3. The minimum absolute atomic E-state index is 0.000326. The van der Waals surface area contributed by atoms with Crippen LogP contribution in [-0.2, 0) is 21.0 Å². The van der Waals surface area contributed by atoms with Gasteiger partial charge >= 0.3 is 6.18 Å². The molecule has 9 heteroatoms. The number of hydrogen-bond acceptors (Lipinski definition) is 3. The Morgan fingerprint density at radius 1 is 1.30 bits per heavy atom. The van der Waals surface area contributed by atoms with E-state index in [1.54, 1.807) is 13.8 Å². The molecule has 0 saturated heterocycles. The second-order valence-corrected chi connectivity index (χ2v) is 7.24. The van der Waals surface area contributed by atoms with Gasteiger partial charge in [-0.2, -0.15) is 13.2 Å². The maximum absolute atomic E-state index is 12.7. The van der Waals surface area contributed by atoms with Crippen molar-refractivity contribution in [3.8, 4) is 0 Å². The lowest BCUT2D eigenvalue weighted by atomic mass is 10.2. The van der Waals surface area contributed by atoms with Crippen molar-refractivity contribution in [2.45, 2.75) is 20.0 Å². The number of halogens is 3. The summed E-state index contributed by atoms with van der Waals surface area (Å²) < 4.78 is 62.8. The summed E-state index contributed by atoms with van der Waals surface area (Å²) in [7, 11) is -3.78. The molecule has 0 atom stereocenters. The lowest BCUT2D eigenvalue weighted by Crippen LogP contribution is -2.39. The van der Waals surface area contributed by atoms with Gasteiger partial charge in [0.25, 0.3) is 0 Å². The van der Waals surface area contributed by atoms with Crippen molar-refractivity contribution in [2.24, 2.45) is 5.92 Å². The highest BCUT2D eigenvalue weighted by atomic mass is 32.2. The van der Waals surface area contributed by atoms with Gasteiger partial charge < -0.3 is 5.32 Å². The Kier molecular flexibility index (Phi) is 6.04. The van der Waals surface area contributed by atoms with E-state index < -0.39 is 21.8 Å². The van der Waals surface area contributed by atoms with Crippen molar-refractivity contribution < 1.29 is 26.4 Å². The zero-order valence-corrected chi connectivity index (χ0v) is 13.8. The molecule has 0 heterocycles. The van der Waals surface area contributed by atoms with E-state index in [1.165, 1.54) is 6.07 Å². The van der Waals surface area contributed by atoms with E-state index in [2.05, 4.69) is 5.32 Å². The molecular weight excluding hydrogens is 333 g/mol. The molecule has 1 aromatic carbocycles. The third-order valence-electron chi connectivity index (χ3n) is 3.00. The van der Waals surface area contributed by atoms with Gasteiger partial charge in [0.05, 0.1) is 24.1 Å². The third kappa shape index (κ3) is 5.74. The first-order valence-electron chi connectivity index (χ1n) is 6.85. The van der Waals surface area contributed by atoms with Crippen molar-refractivity contribution >= 4 is 21.6 Å². The number of amides is 1. The number of sulfonamides is 1. The average molecular weight is 352 g/mol. The predicted molar refractivity (Wildman–Crippen MR) is 81.5 cm³/mol. The maximum atomic E-state index is 12.7. The molecule has 0 aromatic heterocycles. The lowest BCUT2D eigenvalue weighted by Gasteiger charge is -2.23. The Hall–Kier alpha value is -1.77. The van der Waals surface area contributed by atoms with Crippen LogP contribution in [0.1, 0.15) is 19.4 Å². The van der Waals surface area contributed by atoms with E-state index in [-0.39, 0.29) is 30.6 Å². The van der Waals surface area contributed by atoms with Gasteiger partial charge in [-0.25, -0.2) is 8.42 Å². The Labute approximate surface area is 133 Å². The van der Waals surface area contributed by atoms with Crippen LogP contribution in [0.5, 0.6) is 0 Å². The standard InChI is InChI=1S/C14H19F3N2O3S/c1-10(2)13(20)18-7-8-19(23(3,21)22)12-6-4-5-11(9-12)14(15,16)17/h4-6,9-10H,7-8H2,1-3H3,(H,18,20). The van der Waals surface area contributed by atoms with Crippen LogP contribution in [0.25, 0.3) is 0 Å². The molecule has 1 amide bonds. The molecule has 1 rings (SSSR count). The molecule has 23 heavy (non-hydrogen) atoms. The fraction of sp³-hybridized carbons (Fsp3) is 0.500. The minimum Gasteiger partial charge on any atom is -0.354 e. The summed E-state index contributed by atoms with van der Waals surface area (Å²) in [4.78, 5) is 11.5. The number of carbonyl (C=O) groups is 1. The molecule has 0 radical (unpaired) electrons. The fourth-order valence-electron chi connectivity index (χ4n) is 1.81. The van der Waals surface area contributed by atoms with E-state index in [4.69, 9.17) is 0 Å².